The minimum absolute atomic E-state index is 0.0515. The van der Waals surface area contributed by atoms with E-state index in [1.54, 1.807) is 6.21 Å². The lowest BCUT2D eigenvalue weighted by Gasteiger charge is -2.17. The maximum atomic E-state index is 12.1. The standard InChI is InChI=1S/C19H22N4O3/c1-13-11-16(14(2)22(13)17-5-3-4-6-17)12-20-21-19(24)15-7-9-18(10-8-15)23(25)26/h7-12,17H,3-6H2,1-2H3,(H,21,24). The fraction of sp³-hybridized carbons (Fsp3) is 0.368. The number of benzene rings is 1. The van der Waals surface area contributed by atoms with Gasteiger partial charge < -0.3 is 4.57 Å². The van der Waals surface area contributed by atoms with Crippen LogP contribution in [0.15, 0.2) is 35.4 Å². The van der Waals surface area contributed by atoms with Crippen LogP contribution in [0.3, 0.4) is 0 Å². The van der Waals surface area contributed by atoms with Gasteiger partial charge in [0.25, 0.3) is 11.6 Å². The summed E-state index contributed by atoms with van der Waals surface area (Å²) in [4.78, 5) is 22.2. The highest BCUT2D eigenvalue weighted by atomic mass is 16.6. The first-order valence-electron chi connectivity index (χ1n) is 8.73. The van der Waals surface area contributed by atoms with Crippen LogP contribution in [0.5, 0.6) is 0 Å². The van der Waals surface area contributed by atoms with Crippen molar-refractivity contribution in [3.05, 3.63) is 63.0 Å². The molecule has 7 nitrogen and oxygen atoms in total. The van der Waals surface area contributed by atoms with Crippen molar-refractivity contribution in [1.82, 2.24) is 9.99 Å². The number of nitro benzene ring substituents is 1. The lowest BCUT2D eigenvalue weighted by molar-refractivity contribution is -0.384. The number of hydrogen-bond donors (Lipinski definition) is 1. The van der Waals surface area contributed by atoms with E-state index in [0.717, 1.165) is 11.3 Å². The van der Waals surface area contributed by atoms with Crippen LogP contribution >= 0.6 is 0 Å². The molecule has 136 valence electrons. The van der Waals surface area contributed by atoms with E-state index in [-0.39, 0.29) is 5.69 Å². The molecule has 26 heavy (non-hydrogen) atoms. The Morgan fingerprint density at radius 3 is 2.54 bits per heavy atom. The monoisotopic (exact) mass is 354 g/mol. The summed E-state index contributed by atoms with van der Waals surface area (Å²) in [5, 5.41) is 14.7. The molecule has 1 aliphatic carbocycles. The van der Waals surface area contributed by atoms with E-state index < -0.39 is 10.8 Å². The second-order valence-electron chi connectivity index (χ2n) is 6.64. The molecule has 0 saturated heterocycles. The Labute approximate surface area is 151 Å². The second kappa shape index (κ2) is 7.51. The van der Waals surface area contributed by atoms with Crippen molar-refractivity contribution in [1.29, 1.82) is 0 Å². The number of non-ortho nitro benzene ring substituents is 1. The second-order valence-corrected chi connectivity index (χ2v) is 6.64. The molecule has 1 aromatic heterocycles. The van der Waals surface area contributed by atoms with Crippen LogP contribution in [0.1, 0.15) is 59.0 Å². The Kier molecular flexibility index (Phi) is 5.16. The number of hydrogen-bond acceptors (Lipinski definition) is 4. The predicted molar refractivity (Wildman–Crippen MR) is 99.6 cm³/mol. The van der Waals surface area contributed by atoms with Crippen molar-refractivity contribution < 1.29 is 9.72 Å². The van der Waals surface area contributed by atoms with Gasteiger partial charge in [-0.15, -0.1) is 0 Å². The Morgan fingerprint density at radius 2 is 1.92 bits per heavy atom. The summed E-state index contributed by atoms with van der Waals surface area (Å²) in [5.41, 5.74) is 6.09. The number of amides is 1. The molecular formula is C19H22N4O3. The summed E-state index contributed by atoms with van der Waals surface area (Å²) in [7, 11) is 0. The molecule has 1 heterocycles. The molecule has 3 rings (SSSR count). The molecular weight excluding hydrogens is 332 g/mol. The smallest absolute Gasteiger partial charge is 0.271 e. The summed E-state index contributed by atoms with van der Waals surface area (Å²) in [6.45, 7) is 4.17. The molecule has 0 spiro atoms. The lowest BCUT2D eigenvalue weighted by atomic mass is 10.2. The number of aromatic nitrogens is 1. The van der Waals surface area contributed by atoms with Gasteiger partial charge in [0.1, 0.15) is 0 Å². The highest BCUT2D eigenvalue weighted by molar-refractivity contribution is 5.95. The average molecular weight is 354 g/mol. The zero-order chi connectivity index (χ0) is 18.7. The minimum atomic E-state index is -0.500. The largest absolute Gasteiger partial charge is 0.345 e. The Bertz CT molecular complexity index is 846. The third-order valence-electron chi connectivity index (χ3n) is 4.92. The first kappa shape index (κ1) is 17.8. The Balaban J connectivity index is 1.67. The van der Waals surface area contributed by atoms with E-state index in [1.807, 2.05) is 0 Å². The predicted octanol–water partition coefficient (Wildman–Crippen LogP) is 3.89. The lowest BCUT2D eigenvalue weighted by Crippen LogP contribution is -2.17. The molecule has 1 aromatic carbocycles. The zero-order valence-corrected chi connectivity index (χ0v) is 14.9. The van der Waals surface area contributed by atoms with Crippen LogP contribution < -0.4 is 5.43 Å². The van der Waals surface area contributed by atoms with Crippen LogP contribution in [0, 0.1) is 24.0 Å². The van der Waals surface area contributed by atoms with Crippen LogP contribution in [0.2, 0.25) is 0 Å². The van der Waals surface area contributed by atoms with Crippen molar-refractivity contribution >= 4 is 17.8 Å². The number of carbonyl (C=O) groups excluding carboxylic acids is 1. The number of nitrogens with zero attached hydrogens (tertiary/aromatic N) is 3. The average Bonchev–Trinajstić information content (AvgIpc) is 3.23. The molecule has 1 saturated carbocycles. The quantitative estimate of drug-likeness (QED) is 0.502. The van der Waals surface area contributed by atoms with E-state index in [9.17, 15) is 14.9 Å². The number of nitrogens with one attached hydrogen (secondary N) is 1. The van der Waals surface area contributed by atoms with Crippen LogP contribution in [-0.2, 0) is 0 Å². The molecule has 0 unspecified atom stereocenters. The van der Waals surface area contributed by atoms with Gasteiger partial charge in [-0.1, -0.05) is 12.8 Å². The van der Waals surface area contributed by atoms with Gasteiger partial charge in [0.05, 0.1) is 11.1 Å². The third kappa shape index (κ3) is 3.66. The van der Waals surface area contributed by atoms with Crippen molar-refractivity contribution in [2.45, 2.75) is 45.6 Å². The molecule has 0 atom stereocenters. The molecule has 7 heteroatoms. The van der Waals surface area contributed by atoms with Crippen molar-refractivity contribution in [3.8, 4) is 0 Å². The Morgan fingerprint density at radius 1 is 1.27 bits per heavy atom. The van der Waals surface area contributed by atoms with Gasteiger partial charge in [0.2, 0.25) is 0 Å². The number of aryl methyl sites for hydroxylation is 1. The van der Waals surface area contributed by atoms with E-state index in [4.69, 9.17) is 0 Å². The van der Waals surface area contributed by atoms with Gasteiger partial charge in [-0.2, -0.15) is 5.10 Å². The molecule has 1 aliphatic rings. The maximum Gasteiger partial charge on any atom is 0.271 e. The molecule has 0 aliphatic heterocycles. The fourth-order valence-electron chi connectivity index (χ4n) is 3.62. The van der Waals surface area contributed by atoms with Gasteiger partial charge in [0, 0.05) is 40.7 Å². The normalized spacial score (nSPS) is 14.8. The minimum Gasteiger partial charge on any atom is -0.345 e. The first-order valence-corrected chi connectivity index (χ1v) is 8.73. The van der Waals surface area contributed by atoms with Gasteiger partial charge in [-0.25, -0.2) is 5.43 Å². The fourth-order valence-corrected chi connectivity index (χ4v) is 3.62. The van der Waals surface area contributed by atoms with Crippen LogP contribution in [-0.4, -0.2) is 21.6 Å². The van der Waals surface area contributed by atoms with Crippen molar-refractivity contribution in [3.63, 3.8) is 0 Å². The maximum absolute atomic E-state index is 12.1. The summed E-state index contributed by atoms with van der Waals surface area (Å²) >= 11 is 0. The van der Waals surface area contributed by atoms with Crippen molar-refractivity contribution in [2.75, 3.05) is 0 Å². The number of hydrazone groups is 1. The van der Waals surface area contributed by atoms with Crippen molar-refractivity contribution in [2.24, 2.45) is 5.10 Å². The van der Waals surface area contributed by atoms with Crippen LogP contribution in [0.25, 0.3) is 0 Å². The van der Waals surface area contributed by atoms with E-state index in [0.29, 0.717) is 11.6 Å². The van der Waals surface area contributed by atoms with Gasteiger partial charge in [0.15, 0.2) is 0 Å². The number of carbonyl (C=O) groups is 1. The summed E-state index contributed by atoms with van der Waals surface area (Å²) in [6.07, 6.45) is 6.62. The molecule has 0 radical (unpaired) electrons. The van der Waals surface area contributed by atoms with E-state index >= 15 is 0 Å². The zero-order valence-electron chi connectivity index (χ0n) is 14.9. The van der Waals surface area contributed by atoms with Gasteiger partial charge in [-0.05, 0) is 44.9 Å². The SMILES string of the molecule is Cc1cc(C=NNC(=O)c2ccc([N+](=O)[O-])cc2)c(C)n1C1CCCC1. The first-order chi connectivity index (χ1) is 12.5. The third-order valence-corrected chi connectivity index (χ3v) is 4.92. The summed E-state index contributed by atoms with van der Waals surface area (Å²) < 4.78 is 2.37. The van der Waals surface area contributed by atoms with Crippen LogP contribution in [0.4, 0.5) is 5.69 Å². The van der Waals surface area contributed by atoms with E-state index in [1.165, 1.54) is 55.6 Å². The van der Waals surface area contributed by atoms with Gasteiger partial charge in [-0.3, -0.25) is 14.9 Å². The molecule has 1 amide bonds. The molecule has 1 N–H and O–H groups in total. The highest BCUT2D eigenvalue weighted by Gasteiger charge is 2.20. The molecule has 1 fully saturated rings. The number of rotatable bonds is 5. The molecule has 2 aromatic rings. The Hall–Kier alpha value is -2.96. The molecule has 0 bridgehead atoms. The summed E-state index contributed by atoms with van der Waals surface area (Å²) in [6, 6.07) is 8.06. The number of nitro groups is 1. The van der Waals surface area contributed by atoms with E-state index in [2.05, 4.69) is 35.0 Å². The highest BCUT2D eigenvalue weighted by Crippen LogP contribution is 2.33. The topological polar surface area (TPSA) is 89.5 Å². The summed E-state index contributed by atoms with van der Waals surface area (Å²) in [5.74, 6) is -0.402. The van der Waals surface area contributed by atoms with Gasteiger partial charge >= 0.3 is 0 Å².